The molecule has 0 aliphatic carbocycles. The lowest BCUT2D eigenvalue weighted by atomic mass is 9.95. The lowest BCUT2D eigenvalue weighted by molar-refractivity contribution is -0.398. The number of aliphatic hydroxyl groups excluding tert-OH is 21. The number of rotatable bonds is 28. The van der Waals surface area contributed by atoms with E-state index in [4.69, 9.17) is 99.5 Å². The fraction of sp³-hybridized carbons (Fsp3) is 1.00. The van der Waals surface area contributed by atoms with Gasteiger partial charge in [0.1, 0.15) is 171 Å². The predicted molar refractivity (Wildman–Crippen MR) is 336 cm³/mol. The Morgan fingerprint density at radius 3 is 0.381 bits per heavy atom. The molecule has 14 bridgehead atoms. The van der Waals surface area contributed by atoms with Crippen LogP contribution < -0.4 is 0 Å². The molecule has 0 aromatic rings. The van der Waals surface area contributed by atoms with Crippen molar-refractivity contribution in [1.82, 2.24) is 0 Å². The molecule has 21 aliphatic heterocycles. The van der Waals surface area contributed by atoms with Gasteiger partial charge in [0, 0.05) is 0 Å². The van der Waals surface area contributed by atoms with Crippen molar-refractivity contribution in [3.63, 3.8) is 0 Å². The van der Waals surface area contributed by atoms with Gasteiger partial charge < -0.3 is 207 Å². The molecule has 8 unspecified atom stereocenters. The van der Waals surface area contributed by atoms with Crippen LogP contribution in [0, 0.1) is 0 Å². The highest BCUT2D eigenvalue weighted by molar-refractivity contribution is 5.02. The van der Waals surface area contributed by atoms with Crippen LogP contribution in [0.4, 0.5) is 0 Å². The van der Waals surface area contributed by atoms with Crippen LogP contribution in [-0.2, 0) is 99.5 Å². The Morgan fingerprint density at radius 1 is 0.181 bits per heavy atom. The third kappa shape index (κ3) is 23.7. The van der Waals surface area contributed by atoms with E-state index in [1.54, 1.807) is 0 Å². The molecule has 42 heteroatoms. The van der Waals surface area contributed by atoms with Gasteiger partial charge in [-0.25, -0.2) is 0 Å². The van der Waals surface area contributed by atoms with Crippen LogP contribution in [-0.4, -0.2) is 457 Å². The molecule has 42 nitrogen and oxygen atoms in total. The molecule has 105 heavy (non-hydrogen) atoms. The molecule has 0 saturated carbocycles. The van der Waals surface area contributed by atoms with Gasteiger partial charge in [0.05, 0.1) is 135 Å². The Hall–Kier alpha value is -1.68. The SMILES string of the molecule is CC(O)COC[C@@H]1O[C@H]2O[C@@H]3[C@@H](O)[C@H](O)[C@H](O[C@@H]4[C@@H](O)[C@H](O)[C@H](O[C@@H]5[C@@H](O)[C@H](O)[C@H](O[C@@H]6[C@@H](O)[C@H](O)[C@H](O[C@@H]7[C@@H](O)[C@H](O)[C@H](O[C@H]8[C@H](COCC(C)O)O[C@@H](O[C@@H]1[C@@H](O)[C@@H]2O)C(O)[C@@H]8O)O[C@H]7COCC(C)O)O[C@H]6COCC(C)O)O[C@H]5COCC(C)O)O[C@H]4COCC(C)O)O[C@H]3COCC(C)O. The van der Waals surface area contributed by atoms with Crippen molar-refractivity contribution >= 4 is 0 Å². The molecule has 21 fully saturated rings. The third-order valence-electron chi connectivity index (χ3n) is 18.0. The number of aliphatic hydroxyl groups is 21. The molecule has 42 atom stereocenters. The number of hydrogen-bond acceptors (Lipinski definition) is 42. The molecule has 21 aliphatic rings. The van der Waals surface area contributed by atoms with Crippen LogP contribution >= 0.6 is 0 Å². The van der Waals surface area contributed by atoms with Gasteiger partial charge in [-0.2, -0.15) is 0 Å². The van der Waals surface area contributed by atoms with Crippen molar-refractivity contribution in [3.8, 4) is 0 Å². The first-order valence-electron chi connectivity index (χ1n) is 35.2. The highest BCUT2D eigenvalue weighted by Gasteiger charge is 2.60. The average Bonchev–Trinajstić information content (AvgIpc) is 0.789. The highest BCUT2D eigenvalue weighted by atomic mass is 16.8. The van der Waals surface area contributed by atoms with E-state index in [0.29, 0.717) is 0 Å². The number of ether oxygens (including phenoxy) is 21. The first kappa shape index (κ1) is 88.9. The lowest BCUT2D eigenvalue weighted by Gasteiger charge is -2.50. The maximum atomic E-state index is 12.1. The molecule has 0 radical (unpaired) electrons. The van der Waals surface area contributed by atoms with Crippen molar-refractivity contribution in [1.29, 1.82) is 0 Å². The lowest BCUT2D eigenvalue weighted by Crippen LogP contribution is -2.68. The van der Waals surface area contributed by atoms with E-state index in [1.165, 1.54) is 48.5 Å². The maximum absolute atomic E-state index is 12.1. The van der Waals surface area contributed by atoms with Gasteiger partial charge in [-0.1, -0.05) is 0 Å². The standard InChI is InChI=1S/C63H112O42/c1-22(64)8-85-15-29-50-36(71)43(78)57(92-29)100-51-30(16-86-9-23(2)65)94-59(45(80)38(51)73)102-53-32(18-88-11-25(4)67)96-61(47(82)40(53)75)104-55-34(20-90-13-27(6)69)98-63(49(84)42(55)77)105-56-35(21-91-14-28(7)70)97-62(48(83)41(56)76)103-54-33(19-89-12-26(5)68)95-60(46(81)39(54)74)101-52-31(17-87-10-24(3)66)93-58(99-50)44(79)37(52)72/h22-84H,8-21H2,1-7H3/t22?,23?,24?,25?,26?,27?,28?,29-,30-,31-,32-,33-,34-,35-,36-,37-,38-,39-,40-,41-,42-,43-,44-,45-,46-,47-,48-,49?,50-,51-,52-,53-,54-,55-,56-,57-,58-,59-,60-,61-,62-,63-/m0/s1. The zero-order valence-electron chi connectivity index (χ0n) is 59.1. The summed E-state index contributed by atoms with van der Waals surface area (Å²) in [6, 6.07) is 0. The molecule has 21 heterocycles. The van der Waals surface area contributed by atoms with Crippen molar-refractivity contribution in [2.75, 3.05) is 92.5 Å². The topological polar surface area (TPSA) is 619 Å². The summed E-state index contributed by atoms with van der Waals surface area (Å²) in [5.74, 6) is 0. The minimum absolute atomic E-state index is 0.379. The normalized spacial score (nSPS) is 46.0. The zero-order valence-corrected chi connectivity index (χ0v) is 59.1. The fourth-order valence-corrected chi connectivity index (χ4v) is 12.8. The van der Waals surface area contributed by atoms with E-state index in [0.717, 1.165) is 0 Å². The van der Waals surface area contributed by atoms with E-state index >= 15 is 0 Å². The summed E-state index contributed by atoms with van der Waals surface area (Å²) >= 11 is 0. The van der Waals surface area contributed by atoms with Crippen LogP contribution in [0.1, 0.15) is 48.5 Å². The maximum Gasteiger partial charge on any atom is 0.187 e. The zero-order chi connectivity index (χ0) is 77.0. The Kier molecular flexibility index (Phi) is 35.0. The number of hydrogen-bond donors (Lipinski definition) is 21. The Labute approximate surface area is 603 Å². The first-order valence-corrected chi connectivity index (χ1v) is 35.2. The highest BCUT2D eigenvalue weighted by Crippen LogP contribution is 2.40. The largest absolute Gasteiger partial charge is 0.391 e. The summed E-state index contributed by atoms with van der Waals surface area (Å²) in [7, 11) is 0. The van der Waals surface area contributed by atoms with Crippen LogP contribution in [0.2, 0.25) is 0 Å². The van der Waals surface area contributed by atoms with Gasteiger partial charge >= 0.3 is 0 Å². The second-order valence-corrected chi connectivity index (χ2v) is 28.1. The van der Waals surface area contributed by atoms with E-state index in [9.17, 15) is 107 Å². The quantitative estimate of drug-likeness (QED) is 0.0346. The van der Waals surface area contributed by atoms with E-state index < -0.39 is 304 Å². The van der Waals surface area contributed by atoms with Gasteiger partial charge in [-0.15, -0.1) is 0 Å². The monoisotopic (exact) mass is 1540 g/mol. The first-order chi connectivity index (χ1) is 49.6. The Bertz CT molecular complexity index is 2000. The van der Waals surface area contributed by atoms with Gasteiger partial charge in [0.25, 0.3) is 0 Å². The Morgan fingerprint density at radius 2 is 0.286 bits per heavy atom. The molecule has 0 amide bonds. The smallest absolute Gasteiger partial charge is 0.187 e. The van der Waals surface area contributed by atoms with Crippen molar-refractivity contribution in [2.45, 2.75) is 306 Å². The van der Waals surface area contributed by atoms with Crippen LogP contribution in [0.5, 0.6) is 0 Å². The summed E-state index contributed by atoms with van der Waals surface area (Å²) in [4.78, 5) is 0. The third-order valence-corrected chi connectivity index (χ3v) is 18.0. The van der Waals surface area contributed by atoms with Gasteiger partial charge in [-0.05, 0) is 48.5 Å². The molecule has 21 rings (SSSR count). The Balaban J connectivity index is 1.20. The molecule has 0 aromatic carbocycles. The molecule has 616 valence electrons. The van der Waals surface area contributed by atoms with Gasteiger partial charge in [-0.3, -0.25) is 0 Å². The van der Waals surface area contributed by atoms with Crippen LogP contribution in [0.15, 0.2) is 0 Å². The van der Waals surface area contributed by atoms with Crippen molar-refractivity contribution in [3.05, 3.63) is 0 Å². The minimum atomic E-state index is -2.24. The van der Waals surface area contributed by atoms with E-state index in [-0.39, 0.29) is 46.2 Å². The average molecular weight is 1540 g/mol. The fourth-order valence-electron chi connectivity index (χ4n) is 12.8. The van der Waals surface area contributed by atoms with Crippen molar-refractivity contribution < 1.29 is 207 Å². The molecular weight excluding hydrogens is 1430 g/mol. The van der Waals surface area contributed by atoms with E-state index in [2.05, 4.69) is 0 Å². The second-order valence-electron chi connectivity index (χ2n) is 28.1. The summed E-state index contributed by atoms with van der Waals surface area (Å²) in [6.07, 6.45) is -78.0. The van der Waals surface area contributed by atoms with E-state index in [1.807, 2.05) is 0 Å². The summed E-state index contributed by atoms with van der Waals surface area (Å²) in [5.41, 5.74) is 0. The molecular formula is C63H112O42. The predicted octanol–water partition coefficient (Wildman–Crippen LogP) is -12.4. The van der Waals surface area contributed by atoms with Gasteiger partial charge in [0.2, 0.25) is 0 Å². The summed E-state index contributed by atoms with van der Waals surface area (Å²) in [6.45, 7) is 2.51. The summed E-state index contributed by atoms with van der Waals surface area (Å²) in [5, 5.41) is 240. The second kappa shape index (κ2) is 41.4. The molecule has 0 aromatic heterocycles. The van der Waals surface area contributed by atoms with Crippen LogP contribution in [0.3, 0.4) is 0 Å². The van der Waals surface area contributed by atoms with Crippen LogP contribution in [0.25, 0.3) is 0 Å². The molecule has 0 spiro atoms. The molecule has 21 saturated heterocycles. The molecule has 21 N–H and O–H groups in total. The minimum Gasteiger partial charge on any atom is -0.391 e. The summed E-state index contributed by atoms with van der Waals surface area (Å²) < 4.78 is 126. The van der Waals surface area contributed by atoms with Crippen molar-refractivity contribution in [2.24, 2.45) is 0 Å². The van der Waals surface area contributed by atoms with Gasteiger partial charge in [0.15, 0.2) is 44.0 Å².